The molecule has 0 aliphatic heterocycles. The predicted molar refractivity (Wildman–Crippen MR) is 58.9 cm³/mol. The average Bonchev–Trinajstić information content (AvgIpc) is 2.24. The molecular weight excluding hydrogens is 192 g/mol. The molecule has 88 valence electrons. The fraction of sp³-hybridized carbons (Fsp3) is 0.917. The quantitative estimate of drug-likeness (QED) is 0.609. The fourth-order valence-electron chi connectivity index (χ4n) is 2.36. The summed E-state index contributed by atoms with van der Waals surface area (Å²) in [7, 11) is 1.69. The summed E-state index contributed by atoms with van der Waals surface area (Å²) < 4.78 is 10.7. The van der Waals surface area contributed by atoms with E-state index in [2.05, 4.69) is 13.8 Å². The van der Waals surface area contributed by atoms with Crippen LogP contribution in [0.2, 0.25) is 0 Å². The zero-order valence-electron chi connectivity index (χ0n) is 10.0. The minimum atomic E-state index is -0.174. The van der Waals surface area contributed by atoms with Gasteiger partial charge in [-0.15, -0.1) is 0 Å². The highest BCUT2D eigenvalue weighted by molar-refractivity contribution is 5.92. The predicted octanol–water partition coefficient (Wildman–Crippen LogP) is 2.19. The van der Waals surface area contributed by atoms with Crippen LogP contribution >= 0.6 is 0 Å². The van der Waals surface area contributed by atoms with E-state index in [9.17, 15) is 4.79 Å². The van der Waals surface area contributed by atoms with Crippen molar-refractivity contribution in [3.8, 4) is 0 Å². The van der Waals surface area contributed by atoms with Crippen LogP contribution in [0.1, 0.15) is 39.5 Å². The summed E-state index contributed by atoms with van der Waals surface area (Å²) in [5.41, 5.74) is -0.174. The van der Waals surface area contributed by atoms with Crippen LogP contribution in [0.25, 0.3) is 0 Å². The van der Waals surface area contributed by atoms with Crippen molar-refractivity contribution >= 4 is 5.78 Å². The second-order valence-electron chi connectivity index (χ2n) is 4.20. The number of ketones is 1. The molecule has 1 aliphatic carbocycles. The molecule has 15 heavy (non-hydrogen) atoms. The molecule has 0 aromatic heterocycles. The summed E-state index contributed by atoms with van der Waals surface area (Å²) in [6, 6.07) is 0. The molecule has 0 saturated heterocycles. The number of rotatable bonds is 7. The second kappa shape index (κ2) is 5.61. The molecule has 0 spiro atoms. The van der Waals surface area contributed by atoms with Crippen LogP contribution in [-0.4, -0.2) is 32.2 Å². The molecule has 1 atom stereocenters. The molecular formula is C12H22O3. The van der Waals surface area contributed by atoms with Crippen molar-refractivity contribution in [2.75, 3.05) is 20.3 Å². The van der Waals surface area contributed by atoms with Gasteiger partial charge >= 0.3 is 0 Å². The van der Waals surface area contributed by atoms with E-state index in [1.807, 2.05) is 0 Å². The van der Waals surface area contributed by atoms with Crippen LogP contribution in [0.4, 0.5) is 0 Å². The maximum Gasteiger partial charge on any atom is 0.144 e. The van der Waals surface area contributed by atoms with Crippen molar-refractivity contribution in [3.05, 3.63) is 0 Å². The van der Waals surface area contributed by atoms with Crippen LogP contribution in [0, 0.1) is 5.41 Å². The smallest absolute Gasteiger partial charge is 0.144 e. The van der Waals surface area contributed by atoms with Crippen molar-refractivity contribution in [1.29, 1.82) is 0 Å². The standard InChI is InChI=1S/C12H22O3/c1-4-12(5-2)10(13)9-11(12)15-8-6-7-14-3/h11H,4-9H2,1-3H3. The Morgan fingerprint density at radius 3 is 2.47 bits per heavy atom. The van der Waals surface area contributed by atoms with Crippen LogP contribution in [0.5, 0.6) is 0 Å². The highest BCUT2D eigenvalue weighted by Crippen LogP contribution is 2.45. The number of ether oxygens (including phenoxy) is 2. The third kappa shape index (κ3) is 2.40. The minimum absolute atomic E-state index is 0.150. The summed E-state index contributed by atoms with van der Waals surface area (Å²) in [6.45, 7) is 5.58. The Labute approximate surface area is 92.1 Å². The Hall–Kier alpha value is -0.410. The molecule has 0 bridgehead atoms. The summed E-state index contributed by atoms with van der Waals surface area (Å²) in [6.07, 6.45) is 3.46. The van der Waals surface area contributed by atoms with Crippen molar-refractivity contribution in [2.45, 2.75) is 45.6 Å². The van der Waals surface area contributed by atoms with E-state index in [1.54, 1.807) is 7.11 Å². The highest BCUT2D eigenvalue weighted by atomic mass is 16.5. The minimum Gasteiger partial charge on any atom is -0.385 e. The van der Waals surface area contributed by atoms with E-state index in [1.165, 1.54) is 0 Å². The van der Waals surface area contributed by atoms with Gasteiger partial charge in [0.25, 0.3) is 0 Å². The zero-order valence-corrected chi connectivity index (χ0v) is 10.0. The van der Waals surface area contributed by atoms with E-state index in [0.717, 1.165) is 25.9 Å². The van der Waals surface area contributed by atoms with Crippen LogP contribution in [0.3, 0.4) is 0 Å². The van der Waals surface area contributed by atoms with Gasteiger partial charge in [-0.2, -0.15) is 0 Å². The molecule has 0 amide bonds. The lowest BCUT2D eigenvalue weighted by atomic mass is 9.61. The van der Waals surface area contributed by atoms with E-state index in [0.29, 0.717) is 18.8 Å². The molecule has 0 radical (unpaired) electrons. The van der Waals surface area contributed by atoms with E-state index in [4.69, 9.17) is 9.47 Å². The first kappa shape index (κ1) is 12.7. The lowest BCUT2D eigenvalue weighted by Crippen LogP contribution is -2.54. The maximum atomic E-state index is 11.6. The van der Waals surface area contributed by atoms with Crippen LogP contribution in [0.15, 0.2) is 0 Å². The molecule has 1 aliphatic rings. The van der Waals surface area contributed by atoms with Crippen LogP contribution in [-0.2, 0) is 14.3 Å². The monoisotopic (exact) mass is 214 g/mol. The van der Waals surface area contributed by atoms with Crippen molar-refractivity contribution in [3.63, 3.8) is 0 Å². The number of carbonyl (C=O) groups excluding carboxylic acids is 1. The number of Topliss-reactive ketones (excluding diaryl/α,β-unsaturated/α-hetero) is 1. The molecule has 1 unspecified atom stereocenters. The second-order valence-corrected chi connectivity index (χ2v) is 4.20. The Balaban J connectivity index is 2.33. The Morgan fingerprint density at radius 1 is 1.33 bits per heavy atom. The molecule has 3 heteroatoms. The highest BCUT2D eigenvalue weighted by Gasteiger charge is 2.52. The molecule has 1 fully saturated rings. The summed E-state index contributed by atoms with van der Waals surface area (Å²) in [5, 5.41) is 0. The summed E-state index contributed by atoms with van der Waals surface area (Å²) in [5.74, 6) is 0.379. The van der Waals surface area contributed by atoms with E-state index >= 15 is 0 Å². The molecule has 1 saturated carbocycles. The Morgan fingerprint density at radius 2 is 2.00 bits per heavy atom. The molecule has 0 aromatic rings. The first-order valence-corrected chi connectivity index (χ1v) is 5.85. The van der Waals surface area contributed by atoms with E-state index in [-0.39, 0.29) is 11.5 Å². The molecule has 0 heterocycles. The third-order valence-electron chi connectivity index (χ3n) is 3.62. The lowest BCUT2D eigenvalue weighted by Gasteiger charge is -2.46. The van der Waals surface area contributed by atoms with E-state index < -0.39 is 0 Å². The number of hydrogen-bond acceptors (Lipinski definition) is 3. The van der Waals surface area contributed by atoms with Crippen molar-refractivity contribution < 1.29 is 14.3 Å². The Bertz CT molecular complexity index is 209. The van der Waals surface area contributed by atoms with Gasteiger partial charge in [0, 0.05) is 26.7 Å². The van der Waals surface area contributed by atoms with Crippen molar-refractivity contribution in [2.24, 2.45) is 5.41 Å². The Kier molecular flexibility index (Phi) is 4.74. The van der Waals surface area contributed by atoms with Gasteiger partial charge in [-0.25, -0.2) is 0 Å². The maximum absolute atomic E-state index is 11.6. The zero-order chi connectivity index (χ0) is 11.3. The average molecular weight is 214 g/mol. The van der Waals surface area contributed by atoms with Gasteiger partial charge in [-0.1, -0.05) is 13.8 Å². The van der Waals surface area contributed by atoms with Gasteiger partial charge in [0.05, 0.1) is 11.5 Å². The van der Waals surface area contributed by atoms with Gasteiger partial charge in [0.1, 0.15) is 5.78 Å². The topological polar surface area (TPSA) is 35.5 Å². The summed E-state index contributed by atoms with van der Waals surface area (Å²) in [4.78, 5) is 11.6. The normalized spacial score (nSPS) is 23.9. The van der Waals surface area contributed by atoms with Gasteiger partial charge in [0.15, 0.2) is 0 Å². The summed E-state index contributed by atoms with van der Waals surface area (Å²) >= 11 is 0. The van der Waals surface area contributed by atoms with Gasteiger partial charge in [-0.05, 0) is 19.3 Å². The van der Waals surface area contributed by atoms with Crippen molar-refractivity contribution in [1.82, 2.24) is 0 Å². The molecule has 3 nitrogen and oxygen atoms in total. The van der Waals surface area contributed by atoms with Gasteiger partial charge in [0.2, 0.25) is 0 Å². The number of carbonyl (C=O) groups is 1. The van der Waals surface area contributed by atoms with Gasteiger partial charge in [-0.3, -0.25) is 4.79 Å². The largest absolute Gasteiger partial charge is 0.385 e. The molecule has 1 rings (SSSR count). The molecule has 0 N–H and O–H groups in total. The SMILES string of the molecule is CCC1(CC)C(=O)CC1OCCCOC. The van der Waals surface area contributed by atoms with Crippen LogP contribution < -0.4 is 0 Å². The lowest BCUT2D eigenvalue weighted by molar-refractivity contribution is -0.165. The first-order valence-electron chi connectivity index (χ1n) is 5.85. The fourth-order valence-corrected chi connectivity index (χ4v) is 2.36. The molecule has 0 aromatic carbocycles. The first-order chi connectivity index (χ1) is 7.21. The third-order valence-corrected chi connectivity index (χ3v) is 3.62. The number of hydrogen-bond donors (Lipinski definition) is 0. The van der Waals surface area contributed by atoms with Gasteiger partial charge < -0.3 is 9.47 Å². The number of methoxy groups -OCH3 is 1.